The number of ether oxygens (including phenoxy) is 2. The van der Waals surface area contributed by atoms with E-state index in [1.807, 2.05) is 26.0 Å². The summed E-state index contributed by atoms with van der Waals surface area (Å²) in [6, 6.07) is 5.84. The average molecular weight is 546 g/mol. The normalized spacial score (nSPS) is 21.2. The number of aliphatic hydroxyl groups is 1. The first-order chi connectivity index (χ1) is 16.6. The van der Waals surface area contributed by atoms with Crippen molar-refractivity contribution < 1.29 is 29.0 Å². The van der Waals surface area contributed by atoms with Gasteiger partial charge in [-0.3, -0.25) is 4.79 Å². The highest BCUT2D eigenvalue weighted by Crippen LogP contribution is 2.46. The molecule has 1 aromatic rings. The van der Waals surface area contributed by atoms with Gasteiger partial charge in [-0.1, -0.05) is 56.1 Å². The van der Waals surface area contributed by atoms with Crippen LogP contribution in [0.15, 0.2) is 24.3 Å². The number of hydrogen-bond acceptors (Lipinski definition) is 6. The SMILES string of the molecule is CC(NC(=O)NCC(C)(C)OC(=O)OCCl)[C@@H](C)C(=O)N1CC[C@](O)(c2ccc(Cl)cc2)C(C)(C)C1. The number of hydrogen-bond donors (Lipinski definition) is 3. The molecule has 2 rings (SSSR count). The molecule has 1 unspecified atom stereocenters. The third-order valence-corrected chi connectivity index (χ3v) is 7.15. The molecule has 202 valence electrons. The minimum absolute atomic E-state index is 0.0227. The number of nitrogens with one attached hydrogen (secondary N) is 2. The molecule has 0 aromatic heterocycles. The molecule has 1 aliphatic heterocycles. The van der Waals surface area contributed by atoms with Crippen molar-refractivity contribution in [2.45, 2.75) is 65.2 Å². The lowest BCUT2D eigenvalue weighted by Crippen LogP contribution is -2.58. The number of benzene rings is 1. The zero-order valence-electron chi connectivity index (χ0n) is 21.7. The van der Waals surface area contributed by atoms with E-state index in [0.717, 1.165) is 5.56 Å². The molecule has 1 saturated heterocycles. The van der Waals surface area contributed by atoms with Gasteiger partial charge in [-0.05, 0) is 44.9 Å². The number of nitrogens with zero attached hydrogens (tertiary/aromatic N) is 1. The molecule has 3 atom stereocenters. The van der Waals surface area contributed by atoms with Gasteiger partial charge in [0, 0.05) is 29.6 Å². The molecule has 0 bridgehead atoms. The van der Waals surface area contributed by atoms with E-state index in [1.54, 1.807) is 44.7 Å². The zero-order valence-corrected chi connectivity index (χ0v) is 23.2. The smallest absolute Gasteiger partial charge is 0.426 e. The van der Waals surface area contributed by atoms with Crippen molar-refractivity contribution in [3.63, 3.8) is 0 Å². The van der Waals surface area contributed by atoms with Crippen LogP contribution >= 0.6 is 23.2 Å². The van der Waals surface area contributed by atoms with Gasteiger partial charge in [-0.25, -0.2) is 9.59 Å². The van der Waals surface area contributed by atoms with Crippen molar-refractivity contribution in [1.82, 2.24) is 15.5 Å². The predicted molar refractivity (Wildman–Crippen MR) is 138 cm³/mol. The largest absolute Gasteiger partial charge is 0.510 e. The molecule has 0 saturated carbocycles. The number of halogens is 2. The van der Waals surface area contributed by atoms with E-state index in [9.17, 15) is 19.5 Å². The van der Waals surface area contributed by atoms with Crippen molar-refractivity contribution in [2.75, 3.05) is 25.7 Å². The summed E-state index contributed by atoms with van der Waals surface area (Å²) in [6.45, 7) is 11.4. The van der Waals surface area contributed by atoms with Crippen LogP contribution in [0.5, 0.6) is 0 Å². The van der Waals surface area contributed by atoms with E-state index in [4.69, 9.17) is 27.9 Å². The second kappa shape index (κ2) is 11.9. The van der Waals surface area contributed by atoms with Crippen LogP contribution in [0.1, 0.15) is 53.5 Å². The fourth-order valence-electron chi connectivity index (χ4n) is 4.28. The molecular formula is C25H37Cl2N3O6. The number of amides is 3. The summed E-state index contributed by atoms with van der Waals surface area (Å²) in [5.41, 5.74) is -1.97. The summed E-state index contributed by atoms with van der Waals surface area (Å²) in [7, 11) is 0. The Labute approximate surface area is 222 Å². The monoisotopic (exact) mass is 545 g/mol. The lowest BCUT2D eigenvalue weighted by molar-refractivity contribution is -0.156. The van der Waals surface area contributed by atoms with E-state index < -0.39 is 40.8 Å². The molecule has 0 spiro atoms. The van der Waals surface area contributed by atoms with Gasteiger partial charge in [0.25, 0.3) is 0 Å². The van der Waals surface area contributed by atoms with Crippen molar-refractivity contribution in [3.05, 3.63) is 34.9 Å². The molecule has 1 heterocycles. The van der Waals surface area contributed by atoms with Crippen LogP contribution in [0, 0.1) is 11.3 Å². The average Bonchev–Trinajstić information content (AvgIpc) is 2.78. The second-order valence-corrected chi connectivity index (χ2v) is 11.2. The minimum atomic E-state index is -1.10. The lowest BCUT2D eigenvalue weighted by atomic mass is 9.66. The molecule has 1 aliphatic rings. The number of urea groups is 1. The number of carbonyl (C=O) groups excluding carboxylic acids is 3. The highest BCUT2D eigenvalue weighted by molar-refractivity contribution is 6.30. The summed E-state index contributed by atoms with van der Waals surface area (Å²) in [4.78, 5) is 38.9. The van der Waals surface area contributed by atoms with Gasteiger partial charge in [0.1, 0.15) is 5.60 Å². The molecule has 3 N–H and O–H groups in total. The van der Waals surface area contributed by atoms with Crippen LogP contribution < -0.4 is 10.6 Å². The van der Waals surface area contributed by atoms with Crippen LogP contribution in [0.4, 0.5) is 9.59 Å². The van der Waals surface area contributed by atoms with E-state index >= 15 is 0 Å². The molecular weight excluding hydrogens is 509 g/mol. The van der Waals surface area contributed by atoms with E-state index in [1.165, 1.54) is 0 Å². The molecule has 1 fully saturated rings. The molecule has 0 radical (unpaired) electrons. The highest BCUT2D eigenvalue weighted by atomic mass is 35.5. The summed E-state index contributed by atoms with van der Waals surface area (Å²) >= 11 is 11.3. The van der Waals surface area contributed by atoms with Gasteiger partial charge in [-0.2, -0.15) is 0 Å². The van der Waals surface area contributed by atoms with Crippen molar-refractivity contribution in [2.24, 2.45) is 11.3 Å². The maximum Gasteiger partial charge on any atom is 0.510 e. The van der Waals surface area contributed by atoms with Crippen LogP contribution in [-0.4, -0.2) is 65.4 Å². The van der Waals surface area contributed by atoms with E-state index in [2.05, 4.69) is 15.4 Å². The first-order valence-electron chi connectivity index (χ1n) is 11.9. The number of likely N-dealkylation sites (tertiary alicyclic amines) is 1. The first kappa shape index (κ1) is 30.0. The Morgan fingerprint density at radius 1 is 1.19 bits per heavy atom. The number of carbonyl (C=O) groups is 3. The third-order valence-electron chi connectivity index (χ3n) is 6.79. The van der Waals surface area contributed by atoms with Crippen LogP contribution in [0.3, 0.4) is 0 Å². The van der Waals surface area contributed by atoms with Gasteiger partial charge >= 0.3 is 12.2 Å². The summed E-state index contributed by atoms with van der Waals surface area (Å²) in [6.07, 6.45) is -0.555. The Bertz CT molecular complexity index is 940. The van der Waals surface area contributed by atoms with Crippen molar-refractivity contribution >= 4 is 41.3 Å². The number of alkyl halides is 1. The quantitative estimate of drug-likeness (QED) is 0.332. The lowest BCUT2D eigenvalue weighted by Gasteiger charge is -2.51. The topological polar surface area (TPSA) is 117 Å². The molecule has 11 heteroatoms. The standard InChI is InChI=1S/C25H37Cl2N3O6/c1-16(17(2)29-21(32)28-13-24(5,6)36-22(33)35-15-26)20(31)30-12-11-25(34,23(3,4)14-30)18-7-9-19(27)10-8-18/h7-10,16-17,34H,11-15H2,1-6H3,(H2,28,29,32)/t16-,17?,25+/m1/s1. The Morgan fingerprint density at radius 3 is 2.36 bits per heavy atom. The maximum absolute atomic E-state index is 13.3. The number of piperidine rings is 1. The van der Waals surface area contributed by atoms with Gasteiger partial charge in [0.05, 0.1) is 18.1 Å². The maximum atomic E-state index is 13.3. The highest BCUT2D eigenvalue weighted by Gasteiger charge is 2.50. The van der Waals surface area contributed by atoms with Crippen molar-refractivity contribution in [1.29, 1.82) is 0 Å². The van der Waals surface area contributed by atoms with Crippen LogP contribution in [0.25, 0.3) is 0 Å². The predicted octanol–water partition coefficient (Wildman–Crippen LogP) is 4.24. The molecule has 0 aliphatic carbocycles. The summed E-state index contributed by atoms with van der Waals surface area (Å²) in [5, 5.41) is 17.5. The van der Waals surface area contributed by atoms with Crippen LogP contribution in [-0.2, 0) is 19.9 Å². The van der Waals surface area contributed by atoms with Gasteiger partial charge in [-0.15, -0.1) is 0 Å². The van der Waals surface area contributed by atoms with Crippen LogP contribution in [0.2, 0.25) is 5.02 Å². The van der Waals surface area contributed by atoms with Gasteiger partial charge < -0.3 is 30.1 Å². The Kier molecular flexibility index (Phi) is 9.90. The minimum Gasteiger partial charge on any atom is -0.426 e. The summed E-state index contributed by atoms with van der Waals surface area (Å²) < 4.78 is 9.63. The second-order valence-electron chi connectivity index (χ2n) is 10.5. The number of rotatable bonds is 8. The van der Waals surface area contributed by atoms with E-state index in [-0.39, 0.29) is 18.5 Å². The van der Waals surface area contributed by atoms with Crippen molar-refractivity contribution in [3.8, 4) is 0 Å². The Hall–Kier alpha value is -2.23. The summed E-state index contributed by atoms with van der Waals surface area (Å²) in [5.74, 6) is -0.613. The van der Waals surface area contributed by atoms with Gasteiger partial charge in [0.15, 0.2) is 6.07 Å². The molecule has 3 amide bonds. The first-order valence-corrected chi connectivity index (χ1v) is 12.8. The Balaban J connectivity index is 1.93. The fourth-order valence-corrected chi connectivity index (χ4v) is 4.50. The van der Waals surface area contributed by atoms with Gasteiger partial charge in [0.2, 0.25) is 5.91 Å². The zero-order chi connectivity index (χ0) is 27.3. The molecule has 9 nitrogen and oxygen atoms in total. The van der Waals surface area contributed by atoms with E-state index in [0.29, 0.717) is 24.5 Å². The Morgan fingerprint density at radius 2 is 1.81 bits per heavy atom. The molecule has 36 heavy (non-hydrogen) atoms. The third kappa shape index (κ3) is 7.40. The fraction of sp³-hybridized carbons (Fsp3) is 0.640. The molecule has 1 aromatic carbocycles.